The molecule has 0 aliphatic carbocycles. The summed E-state index contributed by atoms with van der Waals surface area (Å²) in [6.07, 6.45) is 4.00. The normalized spacial score (nSPS) is 18.5. The van der Waals surface area contributed by atoms with Gasteiger partial charge in [0.1, 0.15) is 6.04 Å². The molecule has 8 nitrogen and oxygen atoms in total. The third kappa shape index (κ3) is 3.68. The number of pyridine rings is 1. The smallest absolute Gasteiger partial charge is 0.254 e. The molecule has 6 rings (SSSR count). The monoisotopic (exact) mass is 456 g/mol. The van der Waals surface area contributed by atoms with E-state index in [1.54, 1.807) is 0 Å². The molecule has 4 aromatic rings. The van der Waals surface area contributed by atoms with Crippen molar-refractivity contribution in [3.8, 4) is 0 Å². The van der Waals surface area contributed by atoms with Crippen LogP contribution in [0.2, 0.25) is 0 Å². The molecule has 34 heavy (non-hydrogen) atoms. The summed E-state index contributed by atoms with van der Waals surface area (Å²) >= 11 is 0. The first-order chi connectivity index (χ1) is 16.7. The molecule has 0 radical (unpaired) electrons. The van der Waals surface area contributed by atoms with E-state index in [1.807, 2.05) is 22.9 Å². The Hall–Kier alpha value is -3.52. The maximum atomic E-state index is 13.5. The van der Waals surface area contributed by atoms with Gasteiger partial charge in [0.2, 0.25) is 0 Å². The molecular weight excluding hydrogens is 428 g/mol. The van der Waals surface area contributed by atoms with Gasteiger partial charge in [-0.1, -0.05) is 31.2 Å². The number of aromatic nitrogens is 5. The number of aromatic amines is 1. The van der Waals surface area contributed by atoms with Crippen LogP contribution in [0.1, 0.15) is 48.3 Å². The zero-order valence-corrected chi connectivity index (χ0v) is 19.3. The largest absolute Gasteiger partial charge is 0.376 e. The van der Waals surface area contributed by atoms with Gasteiger partial charge in [0.25, 0.3) is 5.56 Å². The lowest BCUT2D eigenvalue weighted by molar-refractivity contribution is 0.0924. The third-order valence-corrected chi connectivity index (χ3v) is 7.08. The standard InChI is InChI=1S/C26H28N6O2/c1-2-17-9-10-22-19(14-17)15-21(26(33)27-22)24(31-12-11-18-6-3-4-8-23(18)31)25-28-29-30-32(25)16-20-7-5-13-34-20/h3-4,6,8-10,14-15,20,24H,2,5,7,11-13,16H2,1H3,(H,27,33)/t20-,24+/m1/s1. The molecule has 1 saturated heterocycles. The van der Waals surface area contributed by atoms with E-state index in [-0.39, 0.29) is 11.7 Å². The summed E-state index contributed by atoms with van der Waals surface area (Å²) in [7, 11) is 0. The average molecular weight is 457 g/mol. The van der Waals surface area contributed by atoms with Crippen LogP contribution in [0.5, 0.6) is 0 Å². The Balaban J connectivity index is 1.51. The van der Waals surface area contributed by atoms with E-state index >= 15 is 0 Å². The fraction of sp³-hybridized carbons (Fsp3) is 0.385. The molecule has 1 N–H and O–H groups in total. The molecule has 0 saturated carbocycles. The molecule has 2 aromatic carbocycles. The topological polar surface area (TPSA) is 88.9 Å². The number of nitrogens with zero attached hydrogens (tertiary/aromatic N) is 5. The van der Waals surface area contributed by atoms with Crippen LogP contribution in [0.25, 0.3) is 10.9 Å². The molecule has 0 unspecified atom stereocenters. The number of ether oxygens (including phenoxy) is 1. The highest BCUT2D eigenvalue weighted by Gasteiger charge is 2.34. The van der Waals surface area contributed by atoms with Gasteiger partial charge in [0.05, 0.1) is 12.6 Å². The first-order valence-corrected chi connectivity index (χ1v) is 12.1. The third-order valence-electron chi connectivity index (χ3n) is 7.08. The quantitative estimate of drug-likeness (QED) is 0.478. The molecule has 2 aliphatic rings. The van der Waals surface area contributed by atoms with Crippen LogP contribution in [0, 0.1) is 0 Å². The van der Waals surface area contributed by atoms with Crippen LogP contribution < -0.4 is 10.5 Å². The highest BCUT2D eigenvalue weighted by molar-refractivity contribution is 5.80. The van der Waals surface area contributed by atoms with E-state index < -0.39 is 6.04 Å². The molecule has 4 heterocycles. The molecule has 1 fully saturated rings. The van der Waals surface area contributed by atoms with Crippen molar-refractivity contribution in [1.29, 1.82) is 0 Å². The summed E-state index contributed by atoms with van der Waals surface area (Å²) in [5, 5.41) is 13.8. The predicted molar refractivity (Wildman–Crippen MR) is 130 cm³/mol. The molecule has 2 aliphatic heterocycles. The Labute approximate surface area is 197 Å². The summed E-state index contributed by atoms with van der Waals surface area (Å²) in [4.78, 5) is 18.8. The van der Waals surface area contributed by atoms with E-state index in [0.717, 1.165) is 55.4 Å². The van der Waals surface area contributed by atoms with Crippen molar-refractivity contribution < 1.29 is 4.74 Å². The minimum Gasteiger partial charge on any atom is -0.376 e. The molecule has 0 bridgehead atoms. The van der Waals surface area contributed by atoms with Crippen molar-refractivity contribution in [2.75, 3.05) is 18.1 Å². The number of anilines is 1. The number of rotatable bonds is 6. The van der Waals surface area contributed by atoms with Gasteiger partial charge < -0.3 is 14.6 Å². The Morgan fingerprint density at radius 2 is 2.12 bits per heavy atom. The Bertz CT molecular complexity index is 1390. The first-order valence-electron chi connectivity index (χ1n) is 12.1. The highest BCUT2D eigenvalue weighted by Crippen LogP contribution is 2.37. The summed E-state index contributed by atoms with van der Waals surface area (Å²) in [6.45, 7) is 4.29. The number of aryl methyl sites for hydroxylation is 1. The minimum atomic E-state index is -0.404. The SMILES string of the molecule is CCc1ccc2[nH]c(=O)c([C@@H](c3nnnn3C[C@H]3CCCO3)N3CCc4ccccc43)cc2c1. The highest BCUT2D eigenvalue weighted by atomic mass is 16.5. The summed E-state index contributed by atoms with van der Waals surface area (Å²) in [5.74, 6) is 0.670. The van der Waals surface area contributed by atoms with Crippen LogP contribution in [-0.2, 0) is 24.1 Å². The lowest BCUT2D eigenvalue weighted by Crippen LogP contribution is -2.35. The minimum absolute atomic E-state index is 0.0933. The second-order valence-electron chi connectivity index (χ2n) is 9.16. The van der Waals surface area contributed by atoms with Crippen molar-refractivity contribution in [3.63, 3.8) is 0 Å². The van der Waals surface area contributed by atoms with E-state index in [4.69, 9.17) is 4.74 Å². The van der Waals surface area contributed by atoms with E-state index in [0.29, 0.717) is 17.9 Å². The molecule has 8 heteroatoms. The Morgan fingerprint density at radius 3 is 2.97 bits per heavy atom. The second kappa shape index (κ2) is 8.68. The van der Waals surface area contributed by atoms with E-state index in [9.17, 15) is 4.79 Å². The van der Waals surface area contributed by atoms with E-state index in [1.165, 1.54) is 11.1 Å². The first kappa shape index (κ1) is 21.0. The van der Waals surface area contributed by atoms with Crippen molar-refractivity contribution in [2.24, 2.45) is 0 Å². The number of hydrogen-bond acceptors (Lipinski definition) is 6. The maximum absolute atomic E-state index is 13.5. The van der Waals surface area contributed by atoms with Crippen LogP contribution in [0.15, 0.2) is 53.3 Å². The van der Waals surface area contributed by atoms with Crippen molar-refractivity contribution in [1.82, 2.24) is 25.2 Å². The lowest BCUT2D eigenvalue weighted by atomic mass is 10.0. The Morgan fingerprint density at radius 1 is 1.21 bits per heavy atom. The molecule has 0 amide bonds. The summed E-state index contributed by atoms with van der Waals surface area (Å²) in [6, 6.07) is 16.2. The van der Waals surface area contributed by atoms with Crippen LogP contribution in [-0.4, -0.2) is 44.4 Å². The summed E-state index contributed by atoms with van der Waals surface area (Å²) < 4.78 is 7.68. The van der Waals surface area contributed by atoms with Gasteiger partial charge >= 0.3 is 0 Å². The number of hydrogen-bond donors (Lipinski definition) is 1. The van der Waals surface area contributed by atoms with Gasteiger partial charge in [-0.3, -0.25) is 4.79 Å². The number of fused-ring (bicyclic) bond motifs is 2. The second-order valence-corrected chi connectivity index (χ2v) is 9.16. The molecule has 2 atom stereocenters. The number of para-hydroxylation sites is 1. The van der Waals surface area contributed by atoms with Crippen molar-refractivity contribution >= 4 is 16.6 Å². The van der Waals surface area contributed by atoms with Gasteiger partial charge in [-0.15, -0.1) is 5.10 Å². The summed E-state index contributed by atoms with van der Waals surface area (Å²) in [5.41, 5.74) is 5.01. The molecular formula is C26H28N6O2. The number of H-pyrrole nitrogens is 1. The number of benzene rings is 2. The lowest BCUT2D eigenvalue weighted by Gasteiger charge is -2.29. The van der Waals surface area contributed by atoms with Crippen LogP contribution in [0.4, 0.5) is 5.69 Å². The zero-order chi connectivity index (χ0) is 23.1. The van der Waals surface area contributed by atoms with Gasteiger partial charge in [-0.2, -0.15) is 0 Å². The van der Waals surface area contributed by atoms with E-state index in [2.05, 4.69) is 62.7 Å². The molecule has 174 valence electrons. The van der Waals surface area contributed by atoms with Crippen LogP contribution >= 0.6 is 0 Å². The predicted octanol–water partition coefficient (Wildman–Crippen LogP) is 3.41. The Kier molecular flexibility index (Phi) is 5.37. The average Bonchev–Trinajstić information content (AvgIpc) is 3.62. The van der Waals surface area contributed by atoms with Crippen molar-refractivity contribution in [3.05, 3.63) is 81.4 Å². The molecule has 2 aromatic heterocycles. The van der Waals surface area contributed by atoms with Crippen LogP contribution in [0.3, 0.4) is 0 Å². The number of tetrazole rings is 1. The van der Waals surface area contributed by atoms with Gasteiger partial charge in [0, 0.05) is 29.9 Å². The fourth-order valence-corrected chi connectivity index (χ4v) is 5.29. The van der Waals surface area contributed by atoms with Gasteiger partial charge in [0.15, 0.2) is 5.82 Å². The number of nitrogens with one attached hydrogen (secondary N) is 1. The fourth-order valence-electron chi connectivity index (χ4n) is 5.29. The van der Waals surface area contributed by atoms with Crippen molar-refractivity contribution in [2.45, 2.75) is 51.3 Å². The molecule has 0 spiro atoms. The van der Waals surface area contributed by atoms with Gasteiger partial charge in [-0.25, -0.2) is 4.68 Å². The zero-order valence-electron chi connectivity index (χ0n) is 19.3. The maximum Gasteiger partial charge on any atom is 0.254 e. The van der Waals surface area contributed by atoms with Gasteiger partial charge in [-0.05, 0) is 76.9 Å².